The first-order chi connectivity index (χ1) is 8.25. The number of anilines is 1. The van der Waals surface area contributed by atoms with E-state index in [2.05, 4.69) is 6.58 Å². The molecule has 0 aliphatic heterocycles. The Bertz CT molecular complexity index is 498. The second-order valence-corrected chi connectivity index (χ2v) is 4.15. The number of nitrogens with zero attached hydrogens (tertiary/aromatic N) is 2. The van der Waals surface area contributed by atoms with E-state index in [0.29, 0.717) is 6.54 Å². The summed E-state index contributed by atoms with van der Waals surface area (Å²) in [6.45, 7) is 5.74. The Hall–Kier alpha value is -1.96. The van der Waals surface area contributed by atoms with Crippen LogP contribution in [0.5, 0.6) is 0 Å². The number of benzene rings is 1. The Kier molecular flexibility index (Phi) is 4.02. The molecule has 1 aromatic carbocycles. The molecule has 1 aromatic rings. The van der Waals surface area contributed by atoms with Gasteiger partial charge in [0.1, 0.15) is 0 Å². The minimum absolute atomic E-state index is 0.00481. The molecule has 18 heavy (non-hydrogen) atoms. The monoisotopic (exact) mass is 254 g/mol. The molecule has 0 radical (unpaired) electrons. The van der Waals surface area contributed by atoms with Gasteiger partial charge >= 0.3 is 6.18 Å². The Morgan fingerprint density at radius 3 is 2.50 bits per heavy atom. The van der Waals surface area contributed by atoms with Crippen LogP contribution < -0.4 is 4.90 Å². The molecule has 0 saturated carbocycles. The highest BCUT2D eigenvalue weighted by Crippen LogP contribution is 2.36. The lowest BCUT2D eigenvalue weighted by molar-refractivity contribution is -0.137. The van der Waals surface area contributed by atoms with Crippen molar-refractivity contribution in [2.75, 3.05) is 18.5 Å². The van der Waals surface area contributed by atoms with Crippen molar-refractivity contribution >= 4 is 5.69 Å². The van der Waals surface area contributed by atoms with Gasteiger partial charge in [0.05, 0.1) is 17.2 Å². The molecule has 0 unspecified atom stereocenters. The number of rotatable bonds is 3. The van der Waals surface area contributed by atoms with Crippen molar-refractivity contribution in [3.05, 3.63) is 41.5 Å². The molecule has 0 aliphatic carbocycles. The molecule has 0 saturated heterocycles. The second-order valence-electron chi connectivity index (χ2n) is 4.15. The number of likely N-dealkylation sites (N-methyl/N-ethyl adjacent to an activating group) is 1. The molecule has 0 aromatic heterocycles. The van der Waals surface area contributed by atoms with Crippen LogP contribution in [0.1, 0.15) is 18.1 Å². The normalized spacial score (nSPS) is 10.9. The fourth-order valence-corrected chi connectivity index (χ4v) is 1.66. The summed E-state index contributed by atoms with van der Waals surface area (Å²) in [6, 6.07) is 5.26. The molecule has 0 aliphatic rings. The van der Waals surface area contributed by atoms with Gasteiger partial charge in [0.25, 0.3) is 0 Å². The standard InChI is InChI=1S/C13H13F3N2/c1-9(2)8-18(3)12-5-4-10(7-17)6-11(12)13(14,15)16/h4-6H,1,8H2,2-3H3. The minimum Gasteiger partial charge on any atom is -0.370 e. The lowest BCUT2D eigenvalue weighted by Gasteiger charge is -2.23. The van der Waals surface area contributed by atoms with Crippen molar-refractivity contribution < 1.29 is 13.2 Å². The van der Waals surface area contributed by atoms with Crippen LogP contribution in [0.15, 0.2) is 30.4 Å². The summed E-state index contributed by atoms with van der Waals surface area (Å²) >= 11 is 0. The van der Waals surface area contributed by atoms with Crippen LogP contribution in [0, 0.1) is 11.3 Å². The number of alkyl halides is 3. The molecule has 0 N–H and O–H groups in total. The number of hydrogen-bond donors (Lipinski definition) is 0. The average molecular weight is 254 g/mol. The number of nitriles is 1. The first-order valence-electron chi connectivity index (χ1n) is 5.22. The van der Waals surface area contributed by atoms with Gasteiger partial charge in [0.2, 0.25) is 0 Å². The molecule has 5 heteroatoms. The van der Waals surface area contributed by atoms with Crippen molar-refractivity contribution in [2.45, 2.75) is 13.1 Å². The molecule has 2 nitrogen and oxygen atoms in total. The Morgan fingerprint density at radius 2 is 2.06 bits per heavy atom. The maximum absolute atomic E-state index is 12.9. The van der Waals surface area contributed by atoms with Gasteiger partial charge in [-0.2, -0.15) is 18.4 Å². The van der Waals surface area contributed by atoms with E-state index in [1.54, 1.807) is 20.0 Å². The summed E-state index contributed by atoms with van der Waals surface area (Å²) in [5.41, 5.74) is -0.000385. The van der Waals surface area contributed by atoms with Crippen molar-refractivity contribution in [3.8, 4) is 6.07 Å². The zero-order valence-electron chi connectivity index (χ0n) is 10.2. The number of halogens is 3. The first-order valence-corrected chi connectivity index (χ1v) is 5.22. The van der Waals surface area contributed by atoms with Gasteiger partial charge in [-0.25, -0.2) is 0 Å². The predicted molar refractivity (Wildman–Crippen MR) is 64.2 cm³/mol. The van der Waals surface area contributed by atoms with Gasteiger partial charge in [-0.3, -0.25) is 0 Å². The van der Waals surface area contributed by atoms with Crippen LogP contribution in [-0.2, 0) is 6.18 Å². The zero-order valence-corrected chi connectivity index (χ0v) is 10.2. The van der Waals surface area contributed by atoms with Gasteiger partial charge < -0.3 is 4.90 Å². The quantitative estimate of drug-likeness (QED) is 0.771. The highest BCUT2D eigenvalue weighted by atomic mass is 19.4. The Morgan fingerprint density at radius 1 is 1.44 bits per heavy atom. The van der Waals surface area contributed by atoms with E-state index in [9.17, 15) is 13.2 Å². The largest absolute Gasteiger partial charge is 0.418 e. The fourth-order valence-electron chi connectivity index (χ4n) is 1.66. The highest BCUT2D eigenvalue weighted by Gasteiger charge is 2.34. The van der Waals surface area contributed by atoms with E-state index in [-0.39, 0.29) is 11.3 Å². The van der Waals surface area contributed by atoms with Crippen LogP contribution in [0.25, 0.3) is 0 Å². The van der Waals surface area contributed by atoms with Gasteiger partial charge in [0, 0.05) is 19.3 Å². The van der Waals surface area contributed by atoms with Gasteiger partial charge in [-0.15, -0.1) is 0 Å². The molecule has 0 atom stereocenters. The molecular weight excluding hydrogens is 241 g/mol. The summed E-state index contributed by atoms with van der Waals surface area (Å²) < 4.78 is 38.7. The van der Waals surface area contributed by atoms with Gasteiger partial charge in [-0.05, 0) is 25.1 Å². The molecule has 96 valence electrons. The summed E-state index contributed by atoms with van der Waals surface area (Å²) in [5, 5.41) is 8.66. The molecule has 0 bridgehead atoms. The maximum atomic E-state index is 12.9. The summed E-state index contributed by atoms with van der Waals surface area (Å²) in [6.07, 6.45) is -4.48. The maximum Gasteiger partial charge on any atom is 0.418 e. The van der Waals surface area contributed by atoms with E-state index in [4.69, 9.17) is 5.26 Å². The molecule has 0 amide bonds. The van der Waals surface area contributed by atoms with Crippen LogP contribution in [0.2, 0.25) is 0 Å². The summed E-state index contributed by atoms with van der Waals surface area (Å²) in [4.78, 5) is 1.46. The van der Waals surface area contributed by atoms with Crippen LogP contribution in [0.4, 0.5) is 18.9 Å². The topological polar surface area (TPSA) is 27.0 Å². The lowest BCUT2D eigenvalue weighted by atomic mass is 10.1. The zero-order chi connectivity index (χ0) is 13.9. The lowest BCUT2D eigenvalue weighted by Crippen LogP contribution is -2.23. The third-order valence-electron chi connectivity index (χ3n) is 2.35. The van der Waals surface area contributed by atoms with Gasteiger partial charge in [-0.1, -0.05) is 12.2 Å². The molecular formula is C13H13F3N2. The molecule has 0 fully saturated rings. The highest BCUT2D eigenvalue weighted by molar-refractivity contribution is 5.58. The fraction of sp³-hybridized carbons (Fsp3) is 0.308. The predicted octanol–water partition coefficient (Wildman–Crippen LogP) is 3.59. The molecule has 0 heterocycles. The van der Waals surface area contributed by atoms with E-state index >= 15 is 0 Å². The van der Waals surface area contributed by atoms with Crippen molar-refractivity contribution in [3.63, 3.8) is 0 Å². The smallest absolute Gasteiger partial charge is 0.370 e. The van der Waals surface area contributed by atoms with Crippen LogP contribution >= 0.6 is 0 Å². The third kappa shape index (κ3) is 3.27. The Balaban J connectivity index is 3.27. The second kappa shape index (κ2) is 5.13. The van der Waals surface area contributed by atoms with Crippen molar-refractivity contribution in [2.24, 2.45) is 0 Å². The molecule has 0 spiro atoms. The van der Waals surface area contributed by atoms with E-state index in [0.717, 1.165) is 11.6 Å². The van der Waals surface area contributed by atoms with Crippen molar-refractivity contribution in [1.29, 1.82) is 5.26 Å². The van der Waals surface area contributed by atoms with Crippen LogP contribution in [-0.4, -0.2) is 13.6 Å². The van der Waals surface area contributed by atoms with Crippen molar-refractivity contribution in [1.82, 2.24) is 0 Å². The van der Waals surface area contributed by atoms with Gasteiger partial charge in [0.15, 0.2) is 0 Å². The van der Waals surface area contributed by atoms with E-state index < -0.39 is 11.7 Å². The minimum atomic E-state index is -4.48. The molecule has 1 rings (SSSR count). The first kappa shape index (κ1) is 14.1. The SMILES string of the molecule is C=C(C)CN(C)c1ccc(C#N)cc1C(F)(F)F. The van der Waals surface area contributed by atoms with Crippen LogP contribution in [0.3, 0.4) is 0 Å². The number of hydrogen-bond acceptors (Lipinski definition) is 2. The Labute approximate surface area is 104 Å². The summed E-state index contributed by atoms with van der Waals surface area (Å²) in [5.74, 6) is 0. The summed E-state index contributed by atoms with van der Waals surface area (Å²) in [7, 11) is 1.56. The van der Waals surface area contributed by atoms with E-state index in [1.807, 2.05) is 0 Å². The average Bonchev–Trinajstić information content (AvgIpc) is 2.26. The third-order valence-corrected chi connectivity index (χ3v) is 2.35. The van der Waals surface area contributed by atoms with E-state index in [1.165, 1.54) is 17.0 Å².